The van der Waals surface area contributed by atoms with Gasteiger partial charge in [-0.2, -0.15) is 0 Å². The monoisotopic (exact) mass is 125 g/mol. The lowest BCUT2D eigenvalue weighted by Gasteiger charge is -1.95. The number of hydrogen-bond donors (Lipinski definition) is 1. The molecule has 0 aromatic rings. The Morgan fingerprint density at radius 3 is 2.78 bits per heavy atom. The summed E-state index contributed by atoms with van der Waals surface area (Å²) in [5.41, 5.74) is 6.82. The molecule has 52 valence electrons. The minimum Gasteiger partial charge on any atom is -0.327 e. The lowest BCUT2D eigenvalue weighted by Crippen LogP contribution is -1.94. The van der Waals surface area contributed by atoms with E-state index in [4.69, 9.17) is 5.73 Å². The standard InChI is InChI=1S/C8H15N/c1-7(4-5-9)6-8-2-3-8/h4,8H,2-3,5-6,9H2,1H3/b7-4+. The van der Waals surface area contributed by atoms with Crippen molar-refractivity contribution in [1.82, 2.24) is 0 Å². The summed E-state index contributed by atoms with van der Waals surface area (Å²) in [4.78, 5) is 0. The molecule has 0 spiro atoms. The fourth-order valence-electron chi connectivity index (χ4n) is 1.06. The molecule has 1 aliphatic carbocycles. The molecule has 0 atom stereocenters. The number of hydrogen-bond acceptors (Lipinski definition) is 1. The van der Waals surface area contributed by atoms with Crippen LogP contribution in [-0.2, 0) is 0 Å². The van der Waals surface area contributed by atoms with Crippen LogP contribution in [0.1, 0.15) is 26.2 Å². The Morgan fingerprint density at radius 2 is 2.33 bits per heavy atom. The fraction of sp³-hybridized carbons (Fsp3) is 0.750. The average Bonchev–Trinajstić information content (AvgIpc) is 2.50. The molecule has 0 amide bonds. The van der Waals surface area contributed by atoms with Gasteiger partial charge in [0.15, 0.2) is 0 Å². The lowest BCUT2D eigenvalue weighted by molar-refractivity contribution is 0.816. The van der Waals surface area contributed by atoms with E-state index in [1.165, 1.54) is 24.8 Å². The van der Waals surface area contributed by atoms with Crippen molar-refractivity contribution in [3.63, 3.8) is 0 Å². The Labute approximate surface area is 56.9 Å². The van der Waals surface area contributed by atoms with Crippen molar-refractivity contribution in [2.24, 2.45) is 11.7 Å². The molecular formula is C8H15N. The summed E-state index contributed by atoms with van der Waals surface area (Å²) in [6, 6.07) is 0. The highest BCUT2D eigenvalue weighted by Crippen LogP contribution is 2.34. The molecular weight excluding hydrogens is 110 g/mol. The van der Waals surface area contributed by atoms with Crippen LogP contribution in [0.15, 0.2) is 11.6 Å². The minimum absolute atomic E-state index is 0.707. The first-order valence-corrected chi connectivity index (χ1v) is 3.68. The fourth-order valence-corrected chi connectivity index (χ4v) is 1.06. The second kappa shape index (κ2) is 3.02. The van der Waals surface area contributed by atoms with Crippen LogP contribution in [0.4, 0.5) is 0 Å². The molecule has 0 bridgehead atoms. The van der Waals surface area contributed by atoms with E-state index in [1.807, 2.05) is 0 Å². The van der Waals surface area contributed by atoms with Gasteiger partial charge in [-0.05, 0) is 32.1 Å². The molecule has 1 nitrogen and oxygen atoms in total. The second-order valence-electron chi connectivity index (χ2n) is 2.93. The van der Waals surface area contributed by atoms with Gasteiger partial charge < -0.3 is 5.73 Å². The van der Waals surface area contributed by atoms with Gasteiger partial charge in [0.1, 0.15) is 0 Å². The first-order chi connectivity index (χ1) is 4.33. The average molecular weight is 125 g/mol. The van der Waals surface area contributed by atoms with Gasteiger partial charge in [0.25, 0.3) is 0 Å². The van der Waals surface area contributed by atoms with Crippen LogP contribution in [0.3, 0.4) is 0 Å². The van der Waals surface area contributed by atoms with Crippen LogP contribution in [0.2, 0.25) is 0 Å². The lowest BCUT2D eigenvalue weighted by atomic mass is 10.1. The Kier molecular flexibility index (Phi) is 2.29. The van der Waals surface area contributed by atoms with Gasteiger partial charge in [0, 0.05) is 6.54 Å². The largest absolute Gasteiger partial charge is 0.327 e. The van der Waals surface area contributed by atoms with Gasteiger partial charge in [0.2, 0.25) is 0 Å². The smallest absolute Gasteiger partial charge is 0.0109 e. The van der Waals surface area contributed by atoms with Crippen molar-refractivity contribution in [3.05, 3.63) is 11.6 Å². The number of nitrogens with two attached hydrogens (primary N) is 1. The van der Waals surface area contributed by atoms with Crippen LogP contribution < -0.4 is 5.73 Å². The van der Waals surface area contributed by atoms with Gasteiger partial charge >= 0.3 is 0 Å². The van der Waals surface area contributed by atoms with Gasteiger partial charge in [0.05, 0.1) is 0 Å². The molecule has 0 unspecified atom stereocenters. The van der Waals surface area contributed by atoms with E-state index in [9.17, 15) is 0 Å². The molecule has 1 rings (SSSR count). The van der Waals surface area contributed by atoms with Crippen molar-refractivity contribution in [2.75, 3.05) is 6.54 Å². The molecule has 2 N–H and O–H groups in total. The van der Waals surface area contributed by atoms with Crippen LogP contribution in [0.25, 0.3) is 0 Å². The molecule has 1 aliphatic rings. The summed E-state index contributed by atoms with van der Waals surface area (Å²) in [6.07, 6.45) is 6.29. The first-order valence-electron chi connectivity index (χ1n) is 3.68. The third-order valence-corrected chi connectivity index (χ3v) is 1.77. The summed E-state index contributed by atoms with van der Waals surface area (Å²) >= 11 is 0. The minimum atomic E-state index is 0.707. The quantitative estimate of drug-likeness (QED) is 0.571. The highest BCUT2D eigenvalue weighted by Gasteiger charge is 2.20. The van der Waals surface area contributed by atoms with Crippen LogP contribution >= 0.6 is 0 Å². The molecule has 0 heterocycles. The maximum Gasteiger partial charge on any atom is 0.0109 e. The zero-order valence-electron chi connectivity index (χ0n) is 6.06. The molecule has 1 fully saturated rings. The molecule has 9 heavy (non-hydrogen) atoms. The Balaban J connectivity index is 2.15. The van der Waals surface area contributed by atoms with Crippen LogP contribution in [0.5, 0.6) is 0 Å². The van der Waals surface area contributed by atoms with Gasteiger partial charge in [-0.1, -0.05) is 11.6 Å². The third-order valence-electron chi connectivity index (χ3n) is 1.77. The van der Waals surface area contributed by atoms with Gasteiger partial charge in [-0.3, -0.25) is 0 Å². The number of rotatable bonds is 3. The Hall–Kier alpha value is -0.300. The van der Waals surface area contributed by atoms with E-state index in [-0.39, 0.29) is 0 Å². The molecule has 0 saturated heterocycles. The van der Waals surface area contributed by atoms with Crippen molar-refractivity contribution < 1.29 is 0 Å². The zero-order valence-corrected chi connectivity index (χ0v) is 6.06. The van der Waals surface area contributed by atoms with Gasteiger partial charge in [-0.15, -0.1) is 0 Å². The van der Waals surface area contributed by atoms with E-state index in [0.717, 1.165) is 5.92 Å². The van der Waals surface area contributed by atoms with E-state index in [0.29, 0.717) is 6.54 Å². The predicted molar refractivity (Wildman–Crippen MR) is 40.2 cm³/mol. The SMILES string of the molecule is C/C(=C\CN)CC1CC1. The van der Waals surface area contributed by atoms with E-state index in [2.05, 4.69) is 13.0 Å². The zero-order chi connectivity index (χ0) is 6.69. The summed E-state index contributed by atoms with van der Waals surface area (Å²) in [5.74, 6) is 1.01. The topological polar surface area (TPSA) is 26.0 Å². The normalized spacial score (nSPS) is 20.4. The van der Waals surface area contributed by atoms with Crippen molar-refractivity contribution in [3.8, 4) is 0 Å². The number of allylic oxidation sites excluding steroid dienone is 1. The molecule has 0 aliphatic heterocycles. The first kappa shape index (κ1) is 6.81. The molecule has 0 aromatic heterocycles. The highest BCUT2D eigenvalue weighted by molar-refractivity contribution is 5.02. The maximum atomic E-state index is 5.35. The molecule has 1 saturated carbocycles. The van der Waals surface area contributed by atoms with E-state index >= 15 is 0 Å². The van der Waals surface area contributed by atoms with Crippen LogP contribution in [-0.4, -0.2) is 6.54 Å². The maximum absolute atomic E-state index is 5.35. The highest BCUT2D eigenvalue weighted by atomic mass is 14.5. The Bertz CT molecular complexity index is 112. The molecule has 0 radical (unpaired) electrons. The van der Waals surface area contributed by atoms with Crippen molar-refractivity contribution in [1.29, 1.82) is 0 Å². The molecule has 1 heteroatoms. The van der Waals surface area contributed by atoms with Gasteiger partial charge in [-0.25, -0.2) is 0 Å². The summed E-state index contributed by atoms with van der Waals surface area (Å²) in [6.45, 7) is 2.88. The predicted octanol–water partition coefficient (Wildman–Crippen LogP) is 1.69. The second-order valence-corrected chi connectivity index (χ2v) is 2.93. The van der Waals surface area contributed by atoms with Crippen molar-refractivity contribution in [2.45, 2.75) is 26.2 Å². The van der Waals surface area contributed by atoms with Crippen molar-refractivity contribution >= 4 is 0 Å². The van der Waals surface area contributed by atoms with E-state index < -0.39 is 0 Å². The summed E-state index contributed by atoms with van der Waals surface area (Å²) < 4.78 is 0. The van der Waals surface area contributed by atoms with Crippen LogP contribution in [0, 0.1) is 5.92 Å². The summed E-state index contributed by atoms with van der Waals surface area (Å²) in [5, 5.41) is 0. The Morgan fingerprint density at radius 1 is 1.67 bits per heavy atom. The van der Waals surface area contributed by atoms with E-state index in [1.54, 1.807) is 0 Å². The third kappa shape index (κ3) is 2.66. The summed E-state index contributed by atoms with van der Waals surface area (Å²) in [7, 11) is 0. The molecule has 0 aromatic carbocycles.